The van der Waals surface area contributed by atoms with E-state index in [1.807, 2.05) is 11.3 Å². The number of hydrogen-bond donors (Lipinski definition) is 1. The summed E-state index contributed by atoms with van der Waals surface area (Å²) >= 11 is 1.81. The van der Waals surface area contributed by atoms with Crippen molar-refractivity contribution in [2.45, 2.75) is 38.5 Å². The topological polar surface area (TPSA) is 21.3 Å². The van der Waals surface area contributed by atoms with Gasteiger partial charge in [-0.2, -0.15) is 0 Å². The van der Waals surface area contributed by atoms with Crippen molar-refractivity contribution >= 4 is 11.3 Å². The number of rotatable bonds is 3. The summed E-state index contributed by atoms with van der Waals surface area (Å²) < 4.78 is 5.52. The van der Waals surface area contributed by atoms with Gasteiger partial charge in [0, 0.05) is 23.6 Å². The first-order valence-corrected chi connectivity index (χ1v) is 6.06. The van der Waals surface area contributed by atoms with Gasteiger partial charge in [0.15, 0.2) is 0 Å². The largest absolute Gasteiger partial charge is 0.377 e. The van der Waals surface area contributed by atoms with Crippen LogP contribution in [0.1, 0.15) is 31.2 Å². The van der Waals surface area contributed by atoms with Crippen LogP contribution in [0.25, 0.3) is 0 Å². The van der Waals surface area contributed by atoms with Crippen molar-refractivity contribution in [1.29, 1.82) is 0 Å². The fraction of sp³-hybridized carbons (Fsp3) is 0.636. The average Bonchev–Trinajstić information content (AvgIpc) is 2.77. The second-order valence-corrected chi connectivity index (χ2v) is 4.85. The van der Waals surface area contributed by atoms with Gasteiger partial charge >= 0.3 is 0 Å². The lowest BCUT2D eigenvalue weighted by Gasteiger charge is -2.20. The number of nitrogens with one attached hydrogen (secondary N) is 1. The SMILES string of the molecule is CC1OCCC1N[C@@H](C)c1cccs1. The molecule has 0 spiro atoms. The van der Waals surface area contributed by atoms with Gasteiger partial charge in [-0.25, -0.2) is 0 Å². The molecule has 1 aliphatic rings. The lowest BCUT2D eigenvalue weighted by Crippen LogP contribution is -2.36. The molecule has 0 aromatic carbocycles. The predicted octanol–water partition coefficient (Wildman–Crippen LogP) is 2.58. The summed E-state index contributed by atoms with van der Waals surface area (Å²) in [6.07, 6.45) is 1.49. The van der Waals surface area contributed by atoms with E-state index in [1.54, 1.807) is 0 Å². The molecule has 1 aromatic heterocycles. The number of thiophene rings is 1. The van der Waals surface area contributed by atoms with Gasteiger partial charge in [0.2, 0.25) is 0 Å². The first-order chi connectivity index (χ1) is 6.77. The lowest BCUT2D eigenvalue weighted by atomic mass is 10.1. The first kappa shape index (κ1) is 10.1. The molecule has 1 fully saturated rings. The normalized spacial score (nSPS) is 29.3. The van der Waals surface area contributed by atoms with Crippen molar-refractivity contribution in [2.75, 3.05) is 6.61 Å². The van der Waals surface area contributed by atoms with Crippen molar-refractivity contribution in [2.24, 2.45) is 0 Å². The van der Waals surface area contributed by atoms with Crippen LogP contribution in [-0.2, 0) is 4.74 Å². The molecule has 78 valence electrons. The molecular formula is C11H17NOS. The van der Waals surface area contributed by atoms with Gasteiger partial charge in [-0.05, 0) is 31.7 Å². The van der Waals surface area contributed by atoms with Crippen LogP contribution in [0.4, 0.5) is 0 Å². The first-order valence-electron chi connectivity index (χ1n) is 5.18. The third-order valence-electron chi connectivity index (χ3n) is 2.81. The number of hydrogen-bond acceptors (Lipinski definition) is 3. The molecule has 0 amide bonds. The quantitative estimate of drug-likeness (QED) is 0.829. The predicted molar refractivity (Wildman–Crippen MR) is 59.7 cm³/mol. The molecule has 3 heteroatoms. The Kier molecular flexibility index (Phi) is 3.21. The molecule has 1 saturated heterocycles. The second-order valence-electron chi connectivity index (χ2n) is 3.87. The Hall–Kier alpha value is -0.380. The van der Waals surface area contributed by atoms with Gasteiger partial charge in [-0.3, -0.25) is 0 Å². The van der Waals surface area contributed by atoms with Crippen LogP contribution in [0.3, 0.4) is 0 Å². The highest BCUT2D eigenvalue weighted by molar-refractivity contribution is 7.10. The Labute approximate surface area is 89.3 Å². The third kappa shape index (κ3) is 2.16. The van der Waals surface area contributed by atoms with E-state index in [4.69, 9.17) is 4.74 Å². The molecule has 0 bridgehead atoms. The maximum atomic E-state index is 5.52. The third-order valence-corrected chi connectivity index (χ3v) is 3.87. The van der Waals surface area contributed by atoms with E-state index in [0.717, 1.165) is 13.0 Å². The summed E-state index contributed by atoms with van der Waals surface area (Å²) in [5, 5.41) is 5.74. The van der Waals surface area contributed by atoms with E-state index in [9.17, 15) is 0 Å². The molecular weight excluding hydrogens is 194 g/mol. The van der Waals surface area contributed by atoms with Gasteiger partial charge in [0.25, 0.3) is 0 Å². The van der Waals surface area contributed by atoms with Crippen molar-refractivity contribution in [3.8, 4) is 0 Å². The maximum absolute atomic E-state index is 5.52. The smallest absolute Gasteiger partial charge is 0.0700 e. The van der Waals surface area contributed by atoms with Crippen molar-refractivity contribution in [1.82, 2.24) is 5.32 Å². The monoisotopic (exact) mass is 211 g/mol. The Morgan fingerprint density at radius 1 is 1.64 bits per heavy atom. The van der Waals surface area contributed by atoms with E-state index in [-0.39, 0.29) is 0 Å². The second kappa shape index (κ2) is 4.43. The fourth-order valence-electron chi connectivity index (χ4n) is 1.89. The van der Waals surface area contributed by atoms with Crippen LogP contribution >= 0.6 is 11.3 Å². The minimum Gasteiger partial charge on any atom is -0.377 e. The fourth-order valence-corrected chi connectivity index (χ4v) is 2.64. The van der Waals surface area contributed by atoms with Crippen LogP contribution in [0.5, 0.6) is 0 Å². The van der Waals surface area contributed by atoms with Crippen LogP contribution < -0.4 is 5.32 Å². The van der Waals surface area contributed by atoms with E-state index in [2.05, 4.69) is 36.7 Å². The maximum Gasteiger partial charge on any atom is 0.0700 e. The lowest BCUT2D eigenvalue weighted by molar-refractivity contribution is 0.111. The van der Waals surface area contributed by atoms with E-state index in [1.165, 1.54) is 4.88 Å². The Balaban J connectivity index is 1.91. The van der Waals surface area contributed by atoms with E-state index >= 15 is 0 Å². The molecule has 0 radical (unpaired) electrons. The average molecular weight is 211 g/mol. The van der Waals surface area contributed by atoms with Crippen LogP contribution in [0.2, 0.25) is 0 Å². The van der Waals surface area contributed by atoms with Gasteiger partial charge < -0.3 is 10.1 Å². The van der Waals surface area contributed by atoms with Gasteiger partial charge in [0.05, 0.1) is 6.10 Å². The minimum absolute atomic E-state index is 0.359. The zero-order chi connectivity index (χ0) is 9.97. The molecule has 0 aliphatic carbocycles. The van der Waals surface area contributed by atoms with E-state index in [0.29, 0.717) is 18.2 Å². The van der Waals surface area contributed by atoms with Crippen molar-refractivity contribution in [3.05, 3.63) is 22.4 Å². The highest BCUT2D eigenvalue weighted by Gasteiger charge is 2.25. The van der Waals surface area contributed by atoms with Crippen LogP contribution in [0, 0.1) is 0 Å². The molecule has 0 saturated carbocycles. The van der Waals surface area contributed by atoms with Crippen molar-refractivity contribution in [3.63, 3.8) is 0 Å². The molecule has 1 aromatic rings. The summed E-state index contributed by atoms with van der Waals surface area (Å²) in [6, 6.07) is 5.26. The molecule has 1 aliphatic heterocycles. The molecule has 1 N–H and O–H groups in total. The zero-order valence-corrected chi connectivity index (χ0v) is 9.51. The molecule has 2 unspecified atom stereocenters. The van der Waals surface area contributed by atoms with Gasteiger partial charge in [-0.15, -0.1) is 11.3 Å². The highest BCUT2D eigenvalue weighted by atomic mass is 32.1. The molecule has 2 rings (SSSR count). The number of ether oxygens (including phenoxy) is 1. The molecule has 2 heterocycles. The summed E-state index contributed by atoms with van der Waals surface area (Å²) in [7, 11) is 0. The summed E-state index contributed by atoms with van der Waals surface area (Å²) in [5.74, 6) is 0. The molecule has 2 nitrogen and oxygen atoms in total. The van der Waals surface area contributed by atoms with Gasteiger partial charge in [-0.1, -0.05) is 6.07 Å². The Bertz CT molecular complexity index is 273. The molecule has 3 atom stereocenters. The van der Waals surface area contributed by atoms with Crippen molar-refractivity contribution < 1.29 is 4.74 Å². The standard InChI is InChI=1S/C11H17NOS/c1-8(11-4-3-7-14-11)12-10-5-6-13-9(10)2/h3-4,7-10,12H,5-6H2,1-2H3/t8-,9?,10?/m0/s1. The summed E-state index contributed by atoms with van der Waals surface area (Å²) in [5.41, 5.74) is 0. The summed E-state index contributed by atoms with van der Waals surface area (Å²) in [6.45, 7) is 5.26. The Morgan fingerprint density at radius 2 is 2.50 bits per heavy atom. The van der Waals surface area contributed by atoms with E-state index < -0.39 is 0 Å². The molecule has 14 heavy (non-hydrogen) atoms. The minimum atomic E-state index is 0.359. The highest BCUT2D eigenvalue weighted by Crippen LogP contribution is 2.22. The van der Waals surface area contributed by atoms with Crippen LogP contribution in [0.15, 0.2) is 17.5 Å². The van der Waals surface area contributed by atoms with Gasteiger partial charge in [0.1, 0.15) is 0 Å². The summed E-state index contributed by atoms with van der Waals surface area (Å²) in [4.78, 5) is 1.41. The zero-order valence-electron chi connectivity index (χ0n) is 8.69. The Morgan fingerprint density at radius 3 is 3.07 bits per heavy atom. The van der Waals surface area contributed by atoms with Crippen LogP contribution in [-0.4, -0.2) is 18.8 Å².